The minimum Gasteiger partial charge on any atom is -0.480 e. The average molecular weight is 227 g/mol. The van der Waals surface area contributed by atoms with Crippen molar-refractivity contribution in [3.63, 3.8) is 0 Å². The van der Waals surface area contributed by atoms with Crippen molar-refractivity contribution in [1.82, 2.24) is 15.1 Å². The Kier molecular flexibility index (Phi) is 3.62. The van der Waals surface area contributed by atoms with Gasteiger partial charge in [-0.25, -0.2) is 9.59 Å². The highest BCUT2D eigenvalue weighted by molar-refractivity contribution is 5.83. The van der Waals surface area contributed by atoms with Gasteiger partial charge in [-0.3, -0.25) is 0 Å². The van der Waals surface area contributed by atoms with Crippen LogP contribution in [0.4, 0.5) is 4.79 Å². The van der Waals surface area contributed by atoms with E-state index in [4.69, 9.17) is 10.2 Å². The Hall–Kier alpha value is -1.89. The molecule has 0 spiro atoms. The number of aliphatic hydroxyl groups excluding tert-OH is 1. The van der Waals surface area contributed by atoms with Crippen molar-refractivity contribution in [1.29, 1.82) is 0 Å². The molecule has 0 unspecified atom stereocenters. The van der Waals surface area contributed by atoms with Gasteiger partial charge in [-0.1, -0.05) is 0 Å². The second-order valence-corrected chi connectivity index (χ2v) is 3.36. The number of hydrogen-bond acceptors (Lipinski definition) is 4. The molecule has 1 heterocycles. The van der Waals surface area contributed by atoms with Crippen LogP contribution < -0.4 is 5.32 Å². The molecule has 0 aliphatic heterocycles. The topological polar surface area (TPSA) is 104 Å². The maximum atomic E-state index is 11.6. The van der Waals surface area contributed by atoms with E-state index in [1.807, 2.05) is 0 Å². The second-order valence-electron chi connectivity index (χ2n) is 3.36. The largest absolute Gasteiger partial charge is 0.480 e. The zero-order valence-corrected chi connectivity index (χ0v) is 8.97. The summed E-state index contributed by atoms with van der Waals surface area (Å²) in [6.45, 7) is 2.73. The molecule has 7 nitrogen and oxygen atoms in total. The highest BCUT2D eigenvalue weighted by Gasteiger charge is 2.20. The quantitative estimate of drug-likeness (QED) is 0.646. The summed E-state index contributed by atoms with van der Waals surface area (Å²) in [5, 5.41) is 23.4. The molecule has 3 N–H and O–H groups in total. The fraction of sp³-hybridized carbons (Fsp3) is 0.444. The van der Waals surface area contributed by atoms with Gasteiger partial charge in [0.1, 0.15) is 0 Å². The third-order valence-corrected chi connectivity index (χ3v) is 1.98. The number of nitrogens with one attached hydrogen (secondary N) is 1. The van der Waals surface area contributed by atoms with Crippen molar-refractivity contribution in [3.8, 4) is 0 Å². The minimum absolute atomic E-state index is 0.595. The molecule has 1 atom stereocenters. The molecule has 0 aliphatic rings. The van der Waals surface area contributed by atoms with Crippen LogP contribution in [0.1, 0.15) is 11.4 Å². The Morgan fingerprint density at radius 1 is 1.56 bits per heavy atom. The fourth-order valence-corrected chi connectivity index (χ4v) is 1.23. The van der Waals surface area contributed by atoms with E-state index in [1.165, 1.54) is 0 Å². The highest BCUT2D eigenvalue weighted by Crippen LogP contribution is 2.01. The summed E-state index contributed by atoms with van der Waals surface area (Å²) in [6.07, 6.45) is 0. The zero-order chi connectivity index (χ0) is 12.3. The Morgan fingerprint density at radius 2 is 2.19 bits per heavy atom. The lowest BCUT2D eigenvalue weighted by atomic mass is 10.3. The zero-order valence-electron chi connectivity index (χ0n) is 8.97. The van der Waals surface area contributed by atoms with E-state index in [9.17, 15) is 9.59 Å². The van der Waals surface area contributed by atoms with Crippen LogP contribution in [0.25, 0.3) is 0 Å². The van der Waals surface area contributed by atoms with Crippen molar-refractivity contribution in [2.75, 3.05) is 6.61 Å². The van der Waals surface area contributed by atoms with Gasteiger partial charge in [0.15, 0.2) is 6.04 Å². The van der Waals surface area contributed by atoms with Crippen molar-refractivity contribution in [2.24, 2.45) is 0 Å². The smallest absolute Gasteiger partial charge is 0.343 e. The van der Waals surface area contributed by atoms with Gasteiger partial charge in [-0.2, -0.15) is 9.78 Å². The van der Waals surface area contributed by atoms with Crippen LogP contribution in [0, 0.1) is 13.8 Å². The minimum atomic E-state index is -1.32. The molecule has 0 saturated heterocycles. The van der Waals surface area contributed by atoms with Gasteiger partial charge in [-0.05, 0) is 19.9 Å². The summed E-state index contributed by atoms with van der Waals surface area (Å²) >= 11 is 0. The standard InChI is InChI=1S/C9H13N3O4/c1-5-3-6(2)12(11-5)9(16)10-7(4-13)8(14)15/h3,7,13H,4H2,1-2H3,(H,10,16)(H,14,15)/t7-/m0/s1. The van der Waals surface area contributed by atoms with Crippen molar-refractivity contribution in [3.05, 3.63) is 17.5 Å². The molecule has 0 aromatic carbocycles. The number of carbonyl (C=O) groups excluding carboxylic acids is 1. The number of carboxylic acid groups (broad SMARTS) is 1. The molecule has 1 rings (SSSR count). The van der Waals surface area contributed by atoms with Crippen LogP contribution in [0.2, 0.25) is 0 Å². The molecule has 1 amide bonds. The third-order valence-electron chi connectivity index (χ3n) is 1.98. The van der Waals surface area contributed by atoms with E-state index >= 15 is 0 Å². The number of rotatable bonds is 3. The van der Waals surface area contributed by atoms with Gasteiger partial charge in [0.2, 0.25) is 0 Å². The van der Waals surface area contributed by atoms with Gasteiger partial charge in [-0.15, -0.1) is 0 Å². The van der Waals surface area contributed by atoms with Gasteiger partial charge in [0, 0.05) is 5.69 Å². The van der Waals surface area contributed by atoms with Gasteiger partial charge in [0.25, 0.3) is 0 Å². The number of aromatic nitrogens is 2. The number of aliphatic hydroxyl groups is 1. The summed E-state index contributed by atoms with van der Waals surface area (Å²) in [4.78, 5) is 22.2. The van der Waals surface area contributed by atoms with E-state index < -0.39 is 24.6 Å². The summed E-state index contributed by atoms with van der Waals surface area (Å²) in [7, 11) is 0. The van der Waals surface area contributed by atoms with Gasteiger partial charge < -0.3 is 15.5 Å². The van der Waals surface area contributed by atoms with E-state index in [0.29, 0.717) is 11.4 Å². The number of aliphatic carboxylic acids is 1. The van der Waals surface area contributed by atoms with Crippen LogP contribution in [-0.4, -0.2) is 44.6 Å². The maximum Gasteiger partial charge on any atom is 0.343 e. The molecule has 16 heavy (non-hydrogen) atoms. The first-order chi connectivity index (χ1) is 7.45. The number of carbonyl (C=O) groups is 2. The lowest BCUT2D eigenvalue weighted by Gasteiger charge is -2.11. The molecule has 0 bridgehead atoms. The monoisotopic (exact) mass is 227 g/mol. The van der Waals surface area contributed by atoms with E-state index in [2.05, 4.69) is 10.4 Å². The molecular weight excluding hydrogens is 214 g/mol. The molecule has 0 aliphatic carbocycles. The Morgan fingerprint density at radius 3 is 2.56 bits per heavy atom. The third kappa shape index (κ3) is 2.57. The van der Waals surface area contributed by atoms with Crippen LogP contribution in [-0.2, 0) is 4.79 Å². The Balaban J connectivity index is 2.79. The summed E-state index contributed by atoms with van der Waals surface area (Å²) in [5.41, 5.74) is 1.25. The van der Waals surface area contributed by atoms with E-state index in [-0.39, 0.29) is 0 Å². The van der Waals surface area contributed by atoms with Gasteiger partial charge in [0.05, 0.1) is 12.3 Å². The maximum absolute atomic E-state index is 11.6. The molecular formula is C9H13N3O4. The summed E-state index contributed by atoms with van der Waals surface area (Å²) in [6, 6.07) is -0.308. The van der Waals surface area contributed by atoms with Crippen LogP contribution >= 0.6 is 0 Å². The number of amides is 1. The fourth-order valence-electron chi connectivity index (χ4n) is 1.23. The van der Waals surface area contributed by atoms with Crippen LogP contribution in [0.3, 0.4) is 0 Å². The normalized spacial score (nSPS) is 12.2. The second kappa shape index (κ2) is 4.75. The van der Waals surface area contributed by atoms with Crippen molar-refractivity contribution >= 4 is 12.0 Å². The molecule has 0 fully saturated rings. The molecule has 7 heteroatoms. The van der Waals surface area contributed by atoms with Gasteiger partial charge >= 0.3 is 12.0 Å². The van der Waals surface area contributed by atoms with E-state index in [1.54, 1.807) is 19.9 Å². The number of nitrogens with zero attached hydrogens (tertiary/aromatic N) is 2. The van der Waals surface area contributed by atoms with E-state index in [0.717, 1.165) is 4.68 Å². The molecule has 88 valence electrons. The van der Waals surface area contributed by atoms with Crippen LogP contribution in [0.5, 0.6) is 0 Å². The van der Waals surface area contributed by atoms with Crippen molar-refractivity contribution in [2.45, 2.75) is 19.9 Å². The average Bonchev–Trinajstić information content (AvgIpc) is 2.53. The van der Waals surface area contributed by atoms with Crippen molar-refractivity contribution < 1.29 is 19.8 Å². The lowest BCUT2D eigenvalue weighted by molar-refractivity contribution is -0.140. The molecule has 0 saturated carbocycles. The Bertz CT molecular complexity index is 413. The first-order valence-corrected chi connectivity index (χ1v) is 4.63. The molecule has 1 aromatic rings. The Labute approximate surface area is 91.7 Å². The number of aryl methyl sites for hydroxylation is 2. The predicted molar refractivity (Wildman–Crippen MR) is 54.1 cm³/mol. The SMILES string of the molecule is Cc1cc(C)n(C(=O)N[C@@H](CO)C(=O)O)n1. The highest BCUT2D eigenvalue weighted by atomic mass is 16.4. The summed E-state index contributed by atoms with van der Waals surface area (Å²) in [5.74, 6) is -1.29. The first-order valence-electron chi connectivity index (χ1n) is 4.63. The number of carboxylic acids is 1. The first kappa shape index (κ1) is 12.2. The van der Waals surface area contributed by atoms with Crippen LogP contribution in [0.15, 0.2) is 6.07 Å². The molecule has 1 aromatic heterocycles. The predicted octanol–water partition coefficient (Wildman–Crippen LogP) is -0.497. The lowest BCUT2D eigenvalue weighted by Crippen LogP contribution is -2.45. The number of hydrogen-bond donors (Lipinski definition) is 3. The molecule has 0 radical (unpaired) electrons. The summed E-state index contributed by atoms with van der Waals surface area (Å²) < 4.78 is 1.06.